The van der Waals surface area contributed by atoms with Crippen LogP contribution in [0.4, 0.5) is 23.3 Å². The maximum Gasteiger partial charge on any atom is 0.225 e. The third-order valence-electron chi connectivity index (χ3n) is 7.96. The molecule has 3 unspecified atom stereocenters. The fourth-order valence-electron chi connectivity index (χ4n) is 5.43. The highest BCUT2D eigenvalue weighted by Crippen LogP contribution is 2.29. The second kappa shape index (κ2) is 16.6. The molecular weight excluding hydrogens is 543 g/mol. The number of aryl methyl sites for hydroxylation is 1. The highest BCUT2D eigenvalue weighted by molar-refractivity contribution is 7.38. The predicted octanol–water partition coefficient (Wildman–Crippen LogP) is 5.70. The van der Waals surface area contributed by atoms with E-state index in [9.17, 15) is 0 Å². The zero-order valence-electron chi connectivity index (χ0n) is 25.8. The summed E-state index contributed by atoms with van der Waals surface area (Å²) in [4.78, 5) is 12.4. The molecule has 0 aliphatic carbocycles. The normalized spacial score (nSPS) is 16.1. The lowest BCUT2D eigenvalue weighted by Crippen LogP contribution is -2.36. The number of nitriles is 1. The molecule has 3 aromatic rings. The van der Waals surface area contributed by atoms with Crippen LogP contribution in [-0.4, -0.2) is 82.7 Å². The minimum absolute atomic E-state index is 0.234. The van der Waals surface area contributed by atoms with Gasteiger partial charge in [-0.3, -0.25) is 5.10 Å². The van der Waals surface area contributed by atoms with Crippen molar-refractivity contribution in [3.63, 3.8) is 0 Å². The zero-order chi connectivity index (χ0) is 29.7. The molecule has 0 radical (unpaired) electrons. The van der Waals surface area contributed by atoms with E-state index in [1.165, 1.54) is 38.5 Å². The Morgan fingerprint density at radius 2 is 2.00 bits per heavy atom. The SMILES string of the molecule is CCCPCC(CC(CC)NCCC#N)Nc1nc(Nc2cc(C)[nH]n2)c2ccc(NCC3CCN(C)CC3)cc2n1. The van der Waals surface area contributed by atoms with Gasteiger partial charge in [0.05, 0.1) is 11.6 Å². The molecule has 0 spiro atoms. The molecule has 0 saturated carbocycles. The summed E-state index contributed by atoms with van der Waals surface area (Å²) < 4.78 is 0. The summed E-state index contributed by atoms with van der Waals surface area (Å²) in [5.41, 5.74) is 2.96. The number of nitrogens with one attached hydrogen (secondary N) is 5. The van der Waals surface area contributed by atoms with E-state index in [2.05, 4.69) is 81.5 Å². The van der Waals surface area contributed by atoms with Gasteiger partial charge in [0.1, 0.15) is 5.82 Å². The maximum atomic E-state index is 8.98. The van der Waals surface area contributed by atoms with Crippen LogP contribution < -0.4 is 21.3 Å². The average Bonchev–Trinajstić information content (AvgIpc) is 3.40. The van der Waals surface area contributed by atoms with Gasteiger partial charge in [-0.1, -0.05) is 20.3 Å². The molecule has 3 heterocycles. The fourth-order valence-corrected chi connectivity index (χ4v) is 6.60. The molecule has 4 rings (SSSR count). The number of piperidine rings is 1. The molecule has 0 amide bonds. The van der Waals surface area contributed by atoms with Gasteiger partial charge in [-0.05, 0) is 89.2 Å². The molecule has 228 valence electrons. The standard InChI is InChI=1S/C31H49N10P/c1-5-16-42-21-26(18-24(6-2)33-13-7-12-32)35-31-36-28-19-25(34-20-23-10-14-41(4)15-11-23)8-9-27(28)30(38-31)37-29-17-22(3)39-40-29/h8-9,17,19,23-24,26,33-34,42H,5-7,10-11,13-16,18,20-21H2,1-4H3,(H3,35,36,37,38,39,40). The van der Waals surface area contributed by atoms with Crippen molar-refractivity contribution < 1.29 is 0 Å². The number of benzene rings is 1. The summed E-state index contributed by atoms with van der Waals surface area (Å²) in [5, 5.41) is 31.7. The van der Waals surface area contributed by atoms with E-state index >= 15 is 0 Å². The summed E-state index contributed by atoms with van der Waals surface area (Å²) in [5.74, 6) is 2.79. The largest absolute Gasteiger partial charge is 0.385 e. The Morgan fingerprint density at radius 1 is 1.17 bits per heavy atom. The van der Waals surface area contributed by atoms with Crippen LogP contribution in [0.15, 0.2) is 24.3 Å². The Labute approximate surface area is 253 Å². The first-order chi connectivity index (χ1) is 20.5. The fraction of sp³-hybridized carbons (Fsp3) is 0.613. The predicted molar refractivity (Wildman–Crippen MR) is 178 cm³/mol. The van der Waals surface area contributed by atoms with Gasteiger partial charge < -0.3 is 26.2 Å². The van der Waals surface area contributed by atoms with Crippen LogP contribution in [0.1, 0.15) is 58.1 Å². The molecule has 1 aromatic carbocycles. The van der Waals surface area contributed by atoms with Gasteiger partial charge in [0.25, 0.3) is 0 Å². The Hall–Kier alpha value is -2.99. The van der Waals surface area contributed by atoms with Gasteiger partial charge in [-0.2, -0.15) is 15.3 Å². The molecule has 2 aromatic heterocycles. The molecule has 1 aliphatic heterocycles. The van der Waals surface area contributed by atoms with Crippen molar-refractivity contribution in [3.8, 4) is 6.07 Å². The molecule has 10 nitrogen and oxygen atoms in total. The van der Waals surface area contributed by atoms with Crippen molar-refractivity contribution in [3.05, 3.63) is 30.0 Å². The number of hydrogen-bond donors (Lipinski definition) is 5. The monoisotopic (exact) mass is 592 g/mol. The van der Waals surface area contributed by atoms with Gasteiger partial charge in [0.15, 0.2) is 5.82 Å². The molecule has 1 fully saturated rings. The van der Waals surface area contributed by atoms with Crippen LogP contribution in [0.5, 0.6) is 0 Å². The molecule has 11 heteroatoms. The second-order valence-electron chi connectivity index (χ2n) is 11.6. The van der Waals surface area contributed by atoms with Gasteiger partial charge in [0.2, 0.25) is 5.95 Å². The zero-order valence-corrected chi connectivity index (χ0v) is 26.8. The highest BCUT2D eigenvalue weighted by Gasteiger charge is 2.19. The number of hydrogen-bond acceptors (Lipinski definition) is 9. The van der Waals surface area contributed by atoms with E-state index in [1.54, 1.807) is 0 Å². The number of likely N-dealkylation sites (tertiary alicyclic amines) is 1. The lowest BCUT2D eigenvalue weighted by atomic mass is 9.97. The lowest BCUT2D eigenvalue weighted by Gasteiger charge is -2.29. The van der Waals surface area contributed by atoms with Gasteiger partial charge in [-0.15, -0.1) is 8.58 Å². The summed E-state index contributed by atoms with van der Waals surface area (Å²) in [6.45, 7) is 10.5. The summed E-state index contributed by atoms with van der Waals surface area (Å²) >= 11 is 0. The van der Waals surface area contributed by atoms with Gasteiger partial charge >= 0.3 is 0 Å². The molecule has 42 heavy (non-hydrogen) atoms. The second-order valence-corrected chi connectivity index (χ2v) is 13.0. The number of rotatable bonds is 17. The number of H-pyrrole nitrogens is 1. The first-order valence-electron chi connectivity index (χ1n) is 15.6. The van der Waals surface area contributed by atoms with Crippen molar-refractivity contribution in [1.82, 2.24) is 30.4 Å². The molecule has 1 aliphatic rings. The summed E-state index contributed by atoms with van der Waals surface area (Å²) in [6, 6.07) is 11.2. The molecule has 5 N–H and O–H groups in total. The van der Waals surface area contributed by atoms with Crippen LogP contribution in [0.25, 0.3) is 10.9 Å². The smallest absolute Gasteiger partial charge is 0.225 e. The summed E-state index contributed by atoms with van der Waals surface area (Å²) in [6.07, 6.45) is 8.45. The van der Waals surface area contributed by atoms with E-state index in [-0.39, 0.29) is 6.04 Å². The van der Waals surface area contributed by atoms with Gasteiger partial charge in [-0.25, -0.2) is 4.98 Å². The van der Waals surface area contributed by atoms with Crippen LogP contribution in [0.3, 0.4) is 0 Å². The van der Waals surface area contributed by atoms with E-state index in [4.69, 9.17) is 15.2 Å². The summed E-state index contributed by atoms with van der Waals surface area (Å²) in [7, 11) is 3.09. The average molecular weight is 593 g/mol. The minimum Gasteiger partial charge on any atom is -0.385 e. The van der Waals surface area contributed by atoms with Crippen LogP contribution in [0, 0.1) is 24.2 Å². The molecule has 1 saturated heterocycles. The van der Waals surface area contributed by atoms with Crippen molar-refractivity contribution in [2.24, 2.45) is 5.92 Å². The minimum atomic E-state index is 0.234. The van der Waals surface area contributed by atoms with E-state index in [0.29, 0.717) is 24.3 Å². The number of fused-ring (bicyclic) bond motifs is 1. The topological polar surface area (TPSA) is 130 Å². The number of anilines is 4. The molecule has 3 atom stereocenters. The van der Waals surface area contributed by atoms with E-state index in [0.717, 1.165) is 74.6 Å². The lowest BCUT2D eigenvalue weighted by molar-refractivity contribution is 0.226. The van der Waals surface area contributed by atoms with E-state index in [1.807, 2.05) is 13.0 Å². The Bertz CT molecular complexity index is 1280. The maximum absolute atomic E-state index is 8.98. The van der Waals surface area contributed by atoms with E-state index < -0.39 is 0 Å². The molecule has 0 bridgehead atoms. The first kappa shape index (κ1) is 31.9. The van der Waals surface area contributed by atoms with Crippen LogP contribution in [-0.2, 0) is 0 Å². The van der Waals surface area contributed by atoms with Gasteiger partial charge in [0, 0.05) is 54.4 Å². The first-order valence-corrected chi connectivity index (χ1v) is 17.0. The Balaban J connectivity index is 1.57. The third-order valence-corrected chi connectivity index (χ3v) is 9.60. The van der Waals surface area contributed by atoms with Crippen LogP contribution >= 0.6 is 8.58 Å². The number of aromatic nitrogens is 4. The van der Waals surface area contributed by atoms with Crippen molar-refractivity contribution in [2.45, 2.75) is 71.4 Å². The highest BCUT2D eigenvalue weighted by atomic mass is 31.1. The third kappa shape index (κ3) is 9.79. The number of nitrogens with zero attached hydrogens (tertiary/aromatic N) is 5. The number of aromatic amines is 1. The van der Waals surface area contributed by atoms with Crippen LogP contribution in [0.2, 0.25) is 0 Å². The Morgan fingerprint density at radius 3 is 2.71 bits per heavy atom. The Kier molecular flexibility index (Phi) is 12.6. The molecular formula is C31H49N10P. The van der Waals surface area contributed by atoms with Crippen molar-refractivity contribution >= 4 is 42.8 Å². The van der Waals surface area contributed by atoms with Crippen molar-refractivity contribution in [1.29, 1.82) is 5.26 Å². The van der Waals surface area contributed by atoms with Crippen molar-refractivity contribution in [2.75, 3.05) is 61.5 Å². The quantitative estimate of drug-likeness (QED) is 0.0990.